The van der Waals surface area contributed by atoms with E-state index in [0.717, 1.165) is 11.3 Å². The number of pyridine rings is 1. The maximum absolute atomic E-state index is 13.1. The van der Waals surface area contributed by atoms with E-state index >= 15 is 0 Å². The molecule has 0 radical (unpaired) electrons. The molecule has 3 aromatic heterocycles. The minimum atomic E-state index is -3.79. The zero-order valence-electron chi connectivity index (χ0n) is 22.4. The summed E-state index contributed by atoms with van der Waals surface area (Å²) in [6.07, 6.45) is 4.53. The Morgan fingerprint density at radius 2 is 1.67 bits per heavy atom. The van der Waals surface area contributed by atoms with Gasteiger partial charge in [0.1, 0.15) is 12.1 Å². The van der Waals surface area contributed by atoms with E-state index in [4.69, 9.17) is 5.73 Å². The molecule has 0 aliphatic carbocycles. The van der Waals surface area contributed by atoms with Crippen molar-refractivity contribution in [3.8, 4) is 11.3 Å². The molecular formula is C31H25N7O3S. The lowest BCUT2D eigenvalue weighted by Crippen LogP contribution is -2.12. The fourth-order valence-corrected chi connectivity index (χ4v) is 5.76. The number of anilines is 4. The first-order chi connectivity index (χ1) is 20.3. The minimum absolute atomic E-state index is 0.184. The van der Waals surface area contributed by atoms with E-state index in [2.05, 4.69) is 25.6 Å². The Morgan fingerprint density at radius 3 is 2.45 bits per heavy atom. The molecule has 3 aromatic carbocycles. The number of rotatable bonds is 7. The predicted molar refractivity (Wildman–Crippen MR) is 163 cm³/mol. The Hall–Kier alpha value is -5.55. The number of nitrogens with zero attached hydrogens (tertiary/aromatic N) is 4. The molecule has 0 aliphatic rings. The highest BCUT2D eigenvalue weighted by molar-refractivity contribution is 7.90. The van der Waals surface area contributed by atoms with Crippen LogP contribution in [0.5, 0.6) is 0 Å². The van der Waals surface area contributed by atoms with E-state index in [1.165, 1.54) is 16.5 Å². The maximum atomic E-state index is 13.1. The molecule has 42 heavy (non-hydrogen) atoms. The van der Waals surface area contributed by atoms with Gasteiger partial charge in [-0.1, -0.05) is 24.3 Å². The fourth-order valence-electron chi connectivity index (χ4n) is 4.43. The van der Waals surface area contributed by atoms with Crippen LogP contribution in [0, 0.1) is 6.92 Å². The molecule has 4 N–H and O–H groups in total. The van der Waals surface area contributed by atoms with E-state index in [0.29, 0.717) is 45.0 Å². The molecule has 3 heterocycles. The van der Waals surface area contributed by atoms with Crippen LogP contribution in [-0.2, 0) is 10.0 Å². The van der Waals surface area contributed by atoms with Crippen molar-refractivity contribution in [3.05, 3.63) is 121 Å². The van der Waals surface area contributed by atoms with E-state index in [-0.39, 0.29) is 10.8 Å². The third-order valence-electron chi connectivity index (χ3n) is 6.69. The first-order valence-electron chi connectivity index (χ1n) is 12.9. The Bertz CT molecular complexity index is 2040. The van der Waals surface area contributed by atoms with Gasteiger partial charge in [0.2, 0.25) is 0 Å². The Morgan fingerprint density at radius 1 is 0.881 bits per heavy atom. The molecule has 0 saturated heterocycles. The average Bonchev–Trinajstić information content (AvgIpc) is 3.44. The summed E-state index contributed by atoms with van der Waals surface area (Å²) in [4.78, 5) is 26.1. The van der Waals surface area contributed by atoms with Crippen LogP contribution in [0.15, 0.2) is 115 Å². The van der Waals surface area contributed by atoms with Crippen LogP contribution < -0.4 is 16.4 Å². The normalized spacial score (nSPS) is 11.4. The summed E-state index contributed by atoms with van der Waals surface area (Å²) in [5.74, 6) is 0.289. The highest BCUT2D eigenvalue weighted by atomic mass is 32.2. The molecule has 0 spiro atoms. The number of hydrogen-bond acceptors (Lipinski definition) is 8. The number of nitrogens with two attached hydrogens (primary N) is 1. The topological polar surface area (TPSA) is 145 Å². The quantitative estimate of drug-likeness (QED) is 0.208. The number of hydrogen-bond donors (Lipinski definition) is 3. The molecule has 1 amide bonds. The average molecular weight is 576 g/mol. The van der Waals surface area contributed by atoms with Gasteiger partial charge in [0.25, 0.3) is 15.9 Å². The third-order valence-corrected chi connectivity index (χ3v) is 8.37. The lowest BCUT2D eigenvalue weighted by atomic mass is 10.1. The molecule has 10 nitrogen and oxygen atoms in total. The summed E-state index contributed by atoms with van der Waals surface area (Å²) in [5, 5.41) is 6.86. The van der Waals surface area contributed by atoms with Gasteiger partial charge in [-0.15, -0.1) is 0 Å². The first-order valence-corrected chi connectivity index (χ1v) is 14.4. The lowest BCUT2D eigenvalue weighted by Gasteiger charge is -2.13. The van der Waals surface area contributed by atoms with Crippen molar-refractivity contribution in [2.24, 2.45) is 0 Å². The van der Waals surface area contributed by atoms with Crippen LogP contribution in [0.1, 0.15) is 15.9 Å². The number of nitrogens with one attached hydrogen (secondary N) is 2. The second-order valence-electron chi connectivity index (χ2n) is 9.59. The number of nitrogen functional groups attached to an aromatic ring is 1. The van der Waals surface area contributed by atoms with Gasteiger partial charge >= 0.3 is 0 Å². The molecule has 0 fully saturated rings. The summed E-state index contributed by atoms with van der Waals surface area (Å²) in [6, 6.07) is 25.8. The number of amides is 1. The van der Waals surface area contributed by atoms with Crippen LogP contribution in [0.2, 0.25) is 0 Å². The number of fused-ring (bicyclic) bond motifs is 1. The SMILES string of the molecule is Cc1ccc(NC(=O)c2ccc(N)cc2)cc1Nc1cc(-c2cnc3c(ccn3S(=O)(=O)c3ccccc3)c2)ncn1. The highest BCUT2D eigenvalue weighted by Crippen LogP contribution is 2.28. The largest absolute Gasteiger partial charge is 0.399 e. The first kappa shape index (κ1) is 26.7. The molecule has 0 atom stereocenters. The number of aryl methyl sites for hydroxylation is 1. The molecule has 6 rings (SSSR count). The van der Waals surface area contributed by atoms with Gasteiger partial charge in [-0.2, -0.15) is 0 Å². The summed E-state index contributed by atoms with van der Waals surface area (Å²) in [7, 11) is -3.79. The van der Waals surface area contributed by atoms with Gasteiger partial charge in [-0.3, -0.25) is 4.79 Å². The molecule has 6 aromatic rings. The molecule has 0 aliphatic heterocycles. The third kappa shape index (κ3) is 5.28. The maximum Gasteiger partial charge on any atom is 0.269 e. The van der Waals surface area contributed by atoms with Gasteiger partial charge < -0.3 is 16.4 Å². The van der Waals surface area contributed by atoms with Gasteiger partial charge in [0, 0.05) is 52.0 Å². The summed E-state index contributed by atoms with van der Waals surface area (Å²) >= 11 is 0. The van der Waals surface area contributed by atoms with Gasteiger partial charge in [-0.05, 0) is 73.2 Å². The zero-order valence-corrected chi connectivity index (χ0v) is 23.2. The van der Waals surface area contributed by atoms with Crippen LogP contribution >= 0.6 is 0 Å². The highest BCUT2D eigenvalue weighted by Gasteiger charge is 2.20. The van der Waals surface area contributed by atoms with E-state index in [1.807, 2.05) is 31.2 Å². The van der Waals surface area contributed by atoms with Crippen molar-refractivity contribution in [2.75, 3.05) is 16.4 Å². The Kier molecular flexibility index (Phi) is 6.85. The van der Waals surface area contributed by atoms with Crippen molar-refractivity contribution >= 4 is 49.8 Å². The standard InChI is InChI=1S/C31H25N7O3S/c1-20-7-12-25(36-31(39)21-8-10-24(32)11-9-21)16-27(20)37-29-17-28(34-19-35-29)23-15-22-13-14-38(30(22)33-18-23)42(40,41)26-5-3-2-4-6-26/h2-19H,32H2,1H3,(H,36,39)(H,34,35,37). The van der Waals surface area contributed by atoms with E-state index in [1.54, 1.807) is 72.9 Å². The number of benzene rings is 3. The van der Waals surface area contributed by atoms with Gasteiger partial charge in [0.05, 0.1) is 10.6 Å². The summed E-state index contributed by atoms with van der Waals surface area (Å²) in [6.45, 7) is 1.95. The lowest BCUT2D eigenvalue weighted by molar-refractivity contribution is 0.102. The molecular weight excluding hydrogens is 550 g/mol. The second kappa shape index (κ2) is 10.8. The Labute approximate surface area is 242 Å². The molecule has 11 heteroatoms. The van der Waals surface area contributed by atoms with Crippen molar-refractivity contribution in [2.45, 2.75) is 11.8 Å². The van der Waals surface area contributed by atoms with E-state index < -0.39 is 10.0 Å². The zero-order chi connectivity index (χ0) is 29.3. The van der Waals surface area contributed by atoms with Crippen molar-refractivity contribution in [1.82, 2.24) is 18.9 Å². The van der Waals surface area contributed by atoms with Crippen LogP contribution in [0.25, 0.3) is 22.3 Å². The van der Waals surface area contributed by atoms with Gasteiger partial charge in [0.15, 0.2) is 5.65 Å². The fraction of sp³-hybridized carbons (Fsp3) is 0.0323. The van der Waals surface area contributed by atoms with E-state index in [9.17, 15) is 13.2 Å². The van der Waals surface area contributed by atoms with Crippen molar-refractivity contribution < 1.29 is 13.2 Å². The molecule has 208 valence electrons. The molecule has 0 bridgehead atoms. The summed E-state index contributed by atoms with van der Waals surface area (Å²) < 4.78 is 27.5. The van der Waals surface area contributed by atoms with Crippen LogP contribution in [-0.4, -0.2) is 33.2 Å². The smallest absolute Gasteiger partial charge is 0.269 e. The Balaban J connectivity index is 1.24. The van der Waals surface area contributed by atoms with Crippen LogP contribution in [0.3, 0.4) is 0 Å². The molecule has 0 unspecified atom stereocenters. The molecule has 0 saturated carbocycles. The van der Waals surface area contributed by atoms with Crippen molar-refractivity contribution in [3.63, 3.8) is 0 Å². The van der Waals surface area contributed by atoms with Crippen LogP contribution in [0.4, 0.5) is 22.9 Å². The monoisotopic (exact) mass is 575 g/mol. The predicted octanol–water partition coefficient (Wildman–Crippen LogP) is 5.62. The van der Waals surface area contributed by atoms with Crippen molar-refractivity contribution in [1.29, 1.82) is 0 Å². The number of carbonyl (C=O) groups is 1. The number of carbonyl (C=O) groups excluding carboxylic acids is 1. The number of aromatic nitrogens is 4. The minimum Gasteiger partial charge on any atom is -0.399 e. The van der Waals surface area contributed by atoms with Gasteiger partial charge in [-0.25, -0.2) is 27.3 Å². The second-order valence-corrected chi connectivity index (χ2v) is 11.4. The summed E-state index contributed by atoms with van der Waals surface area (Å²) in [5.41, 5.74) is 10.7.